The third-order valence-electron chi connectivity index (χ3n) is 5.04. The number of carbonyl (C=O) groups is 1. The number of carbonyl (C=O) groups excluding carboxylic acids is 1. The molecule has 3 rings (SSSR count). The van der Waals surface area contributed by atoms with E-state index in [1.165, 1.54) is 0 Å². The molecule has 0 fully saturated rings. The normalized spacial score (nSPS) is 12.3. The molecule has 0 saturated heterocycles. The predicted molar refractivity (Wildman–Crippen MR) is 112 cm³/mol. The van der Waals surface area contributed by atoms with Gasteiger partial charge in [0.25, 0.3) is 5.91 Å². The van der Waals surface area contributed by atoms with Crippen LogP contribution in [0.25, 0.3) is 11.0 Å². The fraction of sp³-hybridized carbons (Fsp3) is 0.409. The van der Waals surface area contributed by atoms with Gasteiger partial charge in [-0.05, 0) is 49.6 Å². The van der Waals surface area contributed by atoms with Crippen molar-refractivity contribution in [3.05, 3.63) is 57.9 Å². The van der Waals surface area contributed by atoms with Crippen LogP contribution in [0, 0.1) is 6.92 Å². The molecule has 0 radical (unpaired) electrons. The van der Waals surface area contributed by atoms with Crippen LogP contribution in [0.1, 0.15) is 60.7 Å². The first-order valence-corrected chi connectivity index (χ1v) is 9.96. The van der Waals surface area contributed by atoms with Gasteiger partial charge in [-0.25, -0.2) is 9.78 Å². The van der Waals surface area contributed by atoms with E-state index < -0.39 is 11.5 Å². The first kappa shape index (κ1) is 20.8. The van der Waals surface area contributed by atoms with Crippen molar-refractivity contribution in [2.24, 2.45) is 0 Å². The Morgan fingerprint density at radius 2 is 2.14 bits per heavy atom. The molecule has 0 saturated carbocycles. The van der Waals surface area contributed by atoms with Crippen LogP contribution in [0.3, 0.4) is 0 Å². The summed E-state index contributed by atoms with van der Waals surface area (Å²) in [6.45, 7) is 6.62. The fourth-order valence-electron chi connectivity index (χ4n) is 3.48. The minimum Gasteiger partial charge on any atom is -0.427 e. The van der Waals surface area contributed by atoms with Gasteiger partial charge >= 0.3 is 5.63 Å². The summed E-state index contributed by atoms with van der Waals surface area (Å²) in [5.74, 6) is 0.248. The largest absolute Gasteiger partial charge is 0.427 e. The van der Waals surface area contributed by atoms with Crippen molar-refractivity contribution in [3.63, 3.8) is 0 Å². The van der Waals surface area contributed by atoms with E-state index in [9.17, 15) is 9.59 Å². The van der Waals surface area contributed by atoms with Gasteiger partial charge < -0.3 is 19.4 Å². The molecule has 2 heterocycles. The summed E-state index contributed by atoms with van der Waals surface area (Å²) in [5, 5.41) is 11.8. The third-order valence-corrected chi connectivity index (χ3v) is 5.04. The van der Waals surface area contributed by atoms with Crippen LogP contribution >= 0.6 is 0 Å². The Hall–Kier alpha value is -2.93. The predicted octanol–water partition coefficient (Wildman–Crippen LogP) is 3.84. The van der Waals surface area contributed by atoms with Crippen molar-refractivity contribution in [2.75, 3.05) is 11.9 Å². The summed E-state index contributed by atoms with van der Waals surface area (Å²) >= 11 is 0. The summed E-state index contributed by atoms with van der Waals surface area (Å²) in [6.07, 6.45) is 4.26. The summed E-state index contributed by atoms with van der Waals surface area (Å²) in [7, 11) is 0. The smallest absolute Gasteiger partial charge is 0.349 e. The van der Waals surface area contributed by atoms with Crippen molar-refractivity contribution >= 4 is 22.6 Å². The number of imidazole rings is 1. The minimum absolute atomic E-state index is 0.0195. The minimum atomic E-state index is -0.616. The molecule has 0 spiro atoms. The zero-order valence-electron chi connectivity index (χ0n) is 17.1. The van der Waals surface area contributed by atoms with Crippen LogP contribution in [-0.2, 0) is 6.54 Å². The summed E-state index contributed by atoms with van der Waals surface area (Å²) in [5.41, 5.74) is 2.21. The lowest BCUT2D eigenvalue weighted by atomic mass is 10.0. The number of hydrogen-bond acceptors (Lipinski definition) is 5. The molecule has 7 heteroatoms. The molecule has 2 N–H and O–H groups in total. The molecule has 0 aliphatic heterocycles. The van der Waals surface area contributed by atoms with Crippen LogP contribution < -0.4 is 10.9 Å². The third kappa shape index (κ3) is 4.56. The number of aromatic nitrogens is 2. The Bertz CT molecular complexity index is 1070. The lowest BCUT2D eigenvalue weighted by molar-refractivity contribution is 0.102. The van der Waals surface area contributed by atoms with Gasteiger partial charge in [0, 0.05) is 24.8 Å². The highest BCUT2D eigenvalue weighted by atomic mass is 16.4. The number of nitrogens with one attached hydrogen (secondary N) is 1. The van der Waals surface area contributed by atoms with Gasteiger partial charge in [0.1, 0.15) is 11.3 Å². The Labute approximate surface area is 169 Å². The SMILES string of the molecule is CCCC(C)c1cc(C)c(C(=O)Nc2ccc3c(c2)ncn3CCCO)c(=O)o1. The molecule has 1 amide bonds. The quantitative estimate of drug-likeness (QED) is 0.602. The summed E-state index contributed by atoms with van der Waals surface area (Å²) < 4.78 is 7.37. The van der Waals surface area contributed by atoms with Crippen molar-refractivity contribution in [3.8, 4) is 0 Å². The molecule has 3 aromatic rings. The van der Waals surface area contributed by atoms with Crippen LogP contribution in [0.4, 0.5) is 5.69 Å². The highest BCUT2D eigenvalue weighted by Gasteiger charge is 2.19. The Morgan fingerprint density at radius 1 is 1.34 bits per heavy atom. The second kappa shape index (κ2) is 9.05. The lowest BCUT2D eigenvalue weighted by Crippen LogP contribution is -2.23. The van der Waals surface area contributed by atoms with Crippen molar-refractivity contribution < 1.29 is 14.3 Å². The zero-order valence-corrected chi connectivity index (χ0v) is 17.1. The van der Waals surface area contributed by atoms with Crippen molar-refractivity contribution in [2.45, 2.75) is 52.5 Å². The van der Waals surface area contributed by atoms with Crippen molar-refractivity contribution in [1.82, 2.24) is 9.55 Å². The number of aliphatic hydroxyl groups excluding tert-OH is 1. The topological polar surface area (TPSA) is 97.4 Å². The van der Waals surface area contributed by atoms with Gasteiger partial charge in [-0.2, -0.15) is 0 Å². The standard InChI is InChI=1S/C22H27N3O4/c1-4-6-14(2)19-11-15(3)20(22(28)29-19)21(27)24-16-7-8-18-17(12-16)23-13-25(18)9-5-10-26/h7-8,11-14,26H,4-6,9-10H2,1-3H3,(H,24,27). The first-order chi connectivity index (χ1) is 13.9. The molecule has 1 unspecified atom stereocenters. The Balaban J connectivity index is 1.82. The maximum absolute atomic E-state index is 12.7. The highest BCUT2D eigenvalue weighted by Crippen LogP contribution is 2.22. The van der Waals surface area contributed by atoms with Crippen LogP contribution in [0.5, 0.6) is 0 Å². The van der Waals surface area contributed by atoms with E-state index in [0.717, 1.165) is 23.9 Å². The van der Waals surface area contributed by atoms with Crippen molar-refractivity contribution in [1.29, 1.82) is 0 Å². The van der Waals surface area contributed by atoms with E-state index in [1.54, 1.807) is 31.5 Å². The number of nitrogens with zero attached hydrogens (tertiary/aromatic N) is 2. The first-order valence-electron chi connectivity index (χ1n) is 9.96. The zero-order chi connectivity index (χ0) is 21.0. The molecular weight excluding hydrogens is 370 g/mol. The molecular formula is C22H27N3O4. The van der Waals surface area contributed by atoms with Gasteiger partial charge in [-0.1, -0.05) is 20.3 Å². The van der Waals surface area contributed by atoms with E-state index in [1.807, 2.05) is 17.6 Å². The maximum atomic E-state index is 12.7. The lowest BCUT2D eigenvalue weighted by Gasteiger charge is -2.12. The summed E-state index contributed by atoms with van der Waals surface area (Å²) in [6, 6.07) is 7.17. The number of amides is 1. The van der Waals surface area contributed by atoms with E-state index in [-0.39, 0.29) is 18.1 Å². The van der Waals surface area contributed by atoms with Crippen LogP contribution in [0.2, 0.25) is 0 Å². The average Bonchev–Trinajstić information content (AvgIpc) is 3.08. The monoisotopic (exact) mass is 397 g/mol. The second-order valence-electron chi connectivity index (χ2n) is 7.36. The van der Waals surface area contributed by atoms with Gasteiger partial charge in [0.05, 0.1) is 17.4 Å². The van der Waals surface area contributed by atoms with Gasteiger partial charge in [-0.15, -0.1) is 0 Å². The van der Waals surface area contributed by atoms with E-state index >= 15 is 0 Å². The molecule has 1 atom stereocenters. The van der Waals surface area contributed by atoms with Crippen LogP contribution in [-0.4, -0.2) is 27.2 Å². The number of hydrogen-bond donors (Lipinski definition) is 2. The molecule has 7 nitrogen and oxygen atoms in total. The van der Waals surface area contributed by atoms with E-state index in [4.69, 9.17) is 9.52 Å². The molecule has 2 aromatic heterocycles. The highest BCUT2D eigenvalue weighted by molar-refractivity contribution is 6.05. The molecule has 0 aliphatic rings. The maximum Gasteiger partial charge on any atom is 0.349 e. The number of aliphatic hydroxyl groups is 1. The second-order valence-corrected chi connectivity index (χ2v) is 7.36. The van der Waals surface area contributed by atoms with Gasteiger partial charge in [-0.3, -0.25) is 4.79 Å². The molecule has 0 bridgehead atoms. The Morgan fingerprint density at radius 3 is 2.83 bits per heavy atom. The fourth-order valence-corrected chi connectivity index (χ4v) is 3.48. The van der Waals surface area contributed by atoms with Gasteiger partial charge in [0.2, 0.25) is 0 Å². The van der Waals surface area contributed by atoms with Gasteiger partial charge in [0.15, 0.2) is 0 Å². The number of anilines is 1. The summed E-state index contributed by atoms with van der Waals surface area (Å²) in [4.78, 5) is 29.5. The molecule has 154 valence electrons. The molecule has 1 aromatic carbocycles. The number of rotatable bonds is 8. The average molecular weight is 397 g/mol. The molecule has 0 aliphatic carbocycles. The molecule has 29 heavy (non-hydrogen) atoms. The Kier molecular flexibility index (Phi) is 6.49. The van der Waals surface area contributed by atoms with E-state index in [0.29, 0.717) is 30.0 Å². The number of benzene rings is 1. The van der Waals surface area contributed by atoms with E-state index in [2.05, 4.69) is 17.2 Å². The number of fused-ring (bicyclic) bond motifs is 1. The van der Waals surface area contributed by atoms with Crippen LogP contribution in [0.15, 0.2) is 39.8 Å². The number of aryl methyl sites for hydroxylation is 2.